The van der Waals surface area contributed by atoms with Gasteiger partial charge >= 0.3 is 0 Å². The van der Waals surface area contributed by atoms with Crippen molar-refractivity contribution in [3.63, 3.8) is 0 Å². The van der Waals surface area contributed by atoms with Crippen molar-refractivity contribution in [2.45, 2.75) is 25.3 Å². The Hall–Kier alpha value is -3.58. The zero-order valence-electron chi connectivity index (χ0n) is 17.3. The second kappa shape index (κ2) is 8.88. The molecule has 0 radical (unpaired) electrons. The van der Waals surface area contributed by atoms with Crippen LogP contribution in [0.3, 0.4) is 0 Å². The summed E-state index contributed by atoms with van der Waals surface area (Å²) in [6.07, 6.45) is 11.1. The van der Waals surface area contributed by atoms with Gasteiger partial charge in [0.2, 0.25) is 0 Å². The number of benzene rings is 1. The molecule has 1 aliphatic heterocycles. The van der Waals surface area contributed by atoms with E-state index in [-0.39, 0.29) is 11.9 Å². The van der Waals surface area contributed by atoms with Crippen molar-refractivity contribution in [3.05, 3.63) is 101 Å². The summed E-state index contributed by atoms with van der Waals surface area (Å²) in [7, 11) is 0. The zero-order valence-corrected chi connectivity index (χ0v) is 18.1. The second-order valence-corrected chi connectivity index (χ2v) is 8.19. The van der Waals surface area contributed by atoms with Crippen LogP contribution < -0.4 is 0 Å². The number of nitrogens with zero attached hydrogens (tertiary/aromatic N) is 6. The zero-order chi connectivity index (χ0) is 21.9. The molecule has 1 aliphatic rings. The number of amides is 1. The third-order valence-corrected chi connectivity index (χ3v) is 5.80. The van der Waals surface area contributed by atoms with Crippen LogP contribution in [0.1, 0.15) is 46.2 Å². The average Bonchev–Trinajstić information content (AvgIpc) is 3.52. The van der Waals surface area contributed by atoms with Gasteiger partial charge in [-0.25, -0.2) is 9.67 Å². The van der Waals surface area contributed by atoms with Gasteiger partial charge in [0, 0.05) is 42.8 Å². The summed E-state index contributed by atoms with van der Waals surface area (Å²) in [6.45, 7) is 0.685. The van der Waals surface area contributed by atoms with Gasteiger partial charge in [-0.2, -0.15) is 5.10 Å². The minimum atomic E-state index is -0.0971. The van der Waals surface area contributed by atoms with Gasteiger partial charge in [0.25, 0.3) is 5.91 Å². The van der Waals surface area contributed by atoms with Crippen LogP contribution in [0.5, 0.6) is 0 Å². The maximum Gasteiger partial charge on any atom is 0.255 e. The van der Waals surface area contributed by atoms with Crippen LogP contribution in [0.4, 0.5) is 0 Å². The van der Waals surface area contributed by atoms with Crippen molar-refractivity contribution >= 4 is 17.5 Å². The molecule has 32 heavy (non-hydrogen) atoms. The van der Waals surface area contributed by atoms with Gasteiger partial charge in [-0.3, -0.25) is 14.8 Å². The van der Waals surface area contributed by atoms with Crippen LogP contribution in [0.2, 0.25) is 5.02 Å². The maximum atomic E-state index is 13.2. The lowest BCUT2D eigenvalue weighted by atomic mass is 10.1. The Kier molecular flexibility index (Phi) is 5.64. The first kappa shape index (κ1) is 20.3. The van der Waals surface area contributed by atoms with Gasteiger partial charge in [-0.15, -0.1) is 0 Å². The molecule has 1 amide bonds. The van der Waals surface area contributed by atoms with Crippen molar-refractivity contribution < 1.29 is 4.79 Å². The van der Waals surface area contributed by atoms with Crippen LogP contribution >= 0.6 is 11.6 Å². The minimum absolute atomic E-state index is 0.0472. The molecule has 1 unspecified atom stereocenters. The summed E-state index contributed by atoms with van der Waals surface area (Å²) in [5, 5.41) is 4.87. The molecule has 8 heteroatoms. The van der Waals surface area contributed by atoms with Gasteiger partial charge in [0.15, 0.2) is 5.82 Å². The maximum absolute atomic E-state index is 13.2. The second-order valence-electron chi connectivity index (χ2n) is 7.75. The summed E-state index contributed by atoms with van der Waals surface area (Å²) in [5.41, 5.74) is 3.30. The van der Waals surface area contributed by atoms with Crippen molar-refractivity contribution in [1.29, 1.82) is 0 Å². The summed E-state index contributed by atoms with van der Waals surface area (Å²) in [5.74, 6) is 0.623. The summed E-state index contributed by atoms with van der Waals surface area (Å²) in [4.78, 5) is 28.7. The van der Waals surface area contributed by atoms with E-state index in [2.05, 4.69) is 15.1 Å². The number of rotatable bonds is 5. The lowest BCUT2D eigenvalue weighted by molar-refractivity contribution is 0.0732. The average molecular weight is 445 g/mol. The molecule has 1 atom stereocenters. The van der Waals surface area contributed by atoms with Crippen molar-refractivity contribution in [2.24, 2.45) is 0 Å². The van der Waals surface area contributed by atoms with E-state index in [1.54, 1.807) is 41.6 Å². The lowest BCUT2D eigenvalue weighted by Crippen LogP contribution is -2.31. The highest BCUT2D eigenvalue weighted by Crippen LogP contribution is 2.32. The fourth-order valence-electron chi connectivity index (χ4n) is 4.06. The molecule has 0 N–H and O–H groups in total. The Balaban J connectivity index is 1.34. The molecule has 0 aliphatic carbocycles. The molecule has 0 spiro atoms. The standard InChI is InChI=1S/C24H21ClN6O/c25-19-5-1-4-17(12-19)13-20-15-26-16-21(29-20)22-6-2-10-30(22)24(32)18-7-8-23(27-14-18)31-11-3-9-28-31/h1,3-5,7-9,11-12,14-16,22H,2,6,10,13H2. The molecule has 7 nitrogen and oxygen atoms in total. The number of pyridine rings is 1. The topological polar surface area (TPSA) is 76.8 Å². The number of halogens is 1. The van der Waals surface area contributed by atoms with Crippen LogP contribution in [0.25, 0.3) is 5.82 Å². The highest BCUT2D eigenvalue weighted by molar-refractivity contribution is 6.30. The van der Waals surface area contributed by atoms with Crippen molar-refractivity contribution in [2.75, 3.05) is 6.54 Å². The van der Waals surface area contributed by atoms with Crippen LogP contribution in [-0.2, 0) is 6.42 Å². The Morgan fingerprint density at radius 1 is 1.12 bits per heavy atom. The molecule has 5 rings (SSSR count). The van der Waals surface area contributed by atoms with Gasteiger partial charge in [0.05, 0.1) is 29.2 Å². The van der Waals surface area contributed by atoms with Crippen LogP contribution in [0.15, 0.2) is 73.4 Å². The summed E-state index contributed by atoms with van der Waals surface area (Å²) >= 11 is 6.11. The van der Waals surface area contributed by atoms with E-state index in [1.807, 2.05) is 41.4 Å². The summed E-state index contributed by atoms with van der Waals surface area (Å²) < 4.78 is 1.66. The molecule has 1 fully saturated rings. The van der Waals surface area contributed by atoms with Crippen molar-refractivity contribution in [3.8, 4) is 5.82 Å². The van der Waals surface area contributed by atoms with E-state index in [1.165, 1.54) is 0 Å². The van der Waals surface area contributed by atoms with Gasteiger partial charge < -0.3 is 4.90 Å². The highest BCUT2D eigenvalue weighted by atomic mass is 35.5. The number of carbonyl (C=O) groups excluding carboxylic acids is 1. The molecule has 1 saturated heterocycles. The van der Waals surface area contributed by atoms with E-state index in [0.717, 1.165) is 29.8 Å². The number of likely N-dealkylation sites (tertiary alicyclic amines) is 1. The Labute approximate surface area is 190 Å². The number of carbonyl (C=O) groups is 1. The molecule has 0 saturated carbocycles. The molecular formula is C24H21ClN6O. The Morgan fingerprint density at radius 3 is 2.84 bits per heavy atom. The first-order chi connectivity index (χ1) is 15.7. The van der Waals surface area contributed by atoms with E-state index < -0.39 is 0 Å². The molecular weight excluding hydrogens is 424 g/mol. The van der Waals surface area contributed by atoms with E-state index in [9.17, 15) is 4.79 Å². The molecule has 3 aromatic heterocycles. The number of hydrogen-bond acceptors (Lipinski definition) is 5. The number of aromatic nitrogens is 5. The normalized spacial score (nSPS) is 15.8. The van der Waals surface area contributed by atoms with E-state index >= 15 is 0 Å². The smallest absolute Gasteiger partial charge is 0.255 e. The number of hydrogen-bond donors (Lipinski definition) is 0. The van der Waals surface area contributed by atoms with Crippen LogP contribution in [0, 0.1) is 0 Å². The largest absolute Gasteiger partial charge is 0.330 e. The lowest BCUT2D eigenvalue weighted by Gasteiger charge is -2.24. The molecule has 160 valence electrons. The highest BCUT2D eigenvalue weighted by Gasteiger charge is 2.32. The van der Waals surface area contributed by atoms with E-state index in [4.69, 9.17) is 16.6 Å². The SMILES string of the molecule is O=C(c1ccc(-n2cccn2)nc1)N1CCCC1c1cncc(Cc2cccc(Cl)c2)n1. The fourth-order valence-corrected chi connectivity index (χ4v) is 4.27. The third-order valence-electron chi connectivity index (χ3n) is 5.57. The minimum Gasteiger partial charge on any atom is -0.330 e. The summed E-state index contributed by atoms with van der Waals surface area (Å²) in [6, 6.07) is 13.1. The molecule has 1 aromatic carbocycles. The molecule has 4 heterocycles. The third kappa shape index (κ3) is 4.24. The predicted octanol–water partition coefficient (Wildman–Crippen LogP) is 4.28. The fraction of sp³-hybridized carbons (Fsp3) is 0.208. The Morgan fingerprint density at radius 2 is 2.06 bits per heavy atom. The Bertz CT molecular complexity index is 1230. The van der Waals surface area contributed by atoms with E-state index in [0.29, 0.717) is 29.4 Å². The quantitative estimate of drug-likeness (QED) is 0.459. The van der Waals surface area contributed by atoms with Crippen molar-refractivity contribution in [1.82, 2.24) is 29.6 Å². The first-order valence-corrected chi connectivity index (χ1v) is 10.9. The van der Waals surface area contributed by atoms with Gasteiger partial charge in [0.1, 0.15) is 0 Å². The van der Waals surface area contributed by atoms with Gasteiger partial charge in [-0.1, -0.05) is 23.7 Å². The first-order valence-electron chi connectivity index (χ1n) is 10.5. The monoisotopic (exact) mass is 444 g/mol. The molecule has 0 bridgehead atoms. The van der Waals surface area contributed by atoms with Gasteiger partial charge in [-0.05, 0) is 48.7 Å². The molecule has 4 aromatic rings. The van der Waals surface area contributed by atoms with Crippen LogP contribution in [-0.4, -0.2) is 42.1 Å². The predicted molar refractivity (Wildman–Crippen MR) is 121 cm³/mol.